The minimum Gasteiger partial charge on any atom is -0.339 e. The Bertz CT molecular complexity index is 989. The number of carbonyl (C=O) groups excluding carboxylic acids is 1. The molecule has 0 spiro atoms. The highest BCUT2D eigenvalue weighted by Crippen LogP contribution is 2.27. The molecule has 2 heterocycles. The Morgan fingerprint density at radius 2 is 1.48 bits per heavy atom. The van der Waals surface area contributed by atoms with Crippen LogP contribution in [0.4, 0.5) is 0 Å². The Morgan fingerprint density at radius 3 is 2.00 bits per heavy atom. The summed E-state index contributed by atoms with van der Waals surface area (Å²) < 4.78 is 52.9. The second-order valence-corrected chi connectivity index (χ2v) is 11.8. The third-order valence-electron chi connectivity index (χ3n) is 5.67. The summed E-state index contributed by atoms with van der Waals surface area (Å²) >= 11 is 0. The van der Waals surface area contributed by atoms with Crippen LogP contribution in [0.2, 0.25) is 0 Å². The minimum absolute atomic E-state index is 0.201. The molecule has 2 fully saturated rings. The Labute approximate surface area is 173 Å². The van der Waals surface area contributed by atoms with Crippen LogP contribution in [0.25, 0.3) is 0 Å². The standard InChI is InChI=1S/C19H29N3O5S2/c1-14-12-15(2)18(16(3)13-14)29(26,27)21-10-8-20(9-11-21)19(23)17-6-5-7-22(17)28(4,24)25/h12-13,17H,5-11H2,1-4H3/t17-/m0/s1. The lowest BCUT2D eigenvalue weighted by atomic mass is 10.1. The van der Waals surface area contributed by atoms with E-state index in [0.29, 0.717) is 24.3 Å². The van der Waals surface area contributed by atoms with Gasteiger partial charge in [-0.3, -0.25) is 4.79 Å². The van der Waals surface area contributed by atoms with Crippen molar-refractivity contribution in [3.8, 4) is 0 Å². The van der Waals surface area contributed by atoms with Gasteiger partial charge in [0.2, 0.25) is 26.0 Å². The molecule has 3 rings (SSSR count). The molecule has 0 radical (unpaired) electrons. The van der Waals surface area contributed by atoms with Gasteiger partial charge in [0, 0.05) is 32.7 Å². The Balaban J connectivity index is 1.73. The third kappa shape index (κ3) is 4.35. The van der Waals surface area contributed by atoms with E-state index < -0.39 is 26.1 Å². The fourth-order valence-electron chi connectivity index (χ4n) is 4.45. The fourth-order valence-corrected chi connectivity index (χ4v) is 7.40. The van der Waals surface area contributed by atoms with Crippen molar-refractivity contribution in [2.24, 2.45) is 0 Å². The molecule has 2 saturated heterocycles. The zero-order valence-corrected chi connectivity index (χ0v) is 19.0. The molecule has 0 aromatic heterocycles. The summed E-state index contributed by atoms with van der Waals surface area (Å²) in [6.45, 7) is 6.81. The summed E-state index contributed by atoms with van der Waals surface area (Å²) in [5.41, 5.74) is 2.45. The van der Waals surface area contributed by atoms with Gasteiger partial charge < -0.3 is 4.90 Å². The average Bonchev–Trinajstić information content (AvgIpc) is 3.10. The largest absolute Gasteiger partial charge is 0.339 e. The Kier molecular flexibility index (Phi) is 6.11. The Morgan fingerprint density at radius 1 is 0.931 bits per heavy atom. The molecule has 10 heteroatoms. The van der Waals surface area contributed by atoms with E-state index >= 15 is 0 Å². The van der Waals surface area contributed by atoms with Gasteiger partial charge in [-0.1, -0.05) is 17.7 Å². The zero-order valence-electron chi connectivity index (χ0n) is 17.4. The predicted octanol–water partition coefficient (Wildman–Crippen LogP) is 0.869. The molecule has 0 bridgehead atoms. The van der Waals surface area contributed by atoms with Crippen molar-refractivity contribution >= 4 is 26.0 Å². The van der Waals surface area contributed by atoms with E-state index in [-0.39, 0.29) is 32.1 Å². The lowest BCUT2D eigenvalue weighted by Crippen LogP contribution is -2.55. The van der Waals surface area contributed by atoms with Crippen molar-refractivity contribution < 1.29 is 21.6 Å². The third-order valence-corrected chi connectivity index (χ3v) is 9.16. The van der Waals surface area contributed by atoms with Gasteiger partial charge in [0.05, 0.1) is 11.2 Å². The number of carbonyl (C=O) groups is 1. The van der Waals surface area contributed by atoms with E-state index in [1.165, 1.54) is 8.61 Å². The number of nitrogens with zero attached hydrogens (tertiary/aromatic N) is 3. The minimum atomic E-state index is -3.65. The molecular formula is C19H29N3O5S2. The van der Waals surface area contributed by atoms with E-state index in [4.69, 9.17) is 0 Å². The molecule has 29 heavy (non-hydrogen) atoms. The van der Waals surface area contributed by atoms with Crippen LogP contribution in [0.3, 0.4) is 0 Å². The molecule has 162 valence electrons. The van der Waals surface area contributed by atoms with E-state index in [0.717, 1.165) is 22.9 Å². The second kappa shape index (κ2) is 7.98. The number of aryl methyl sites for hydroxylation is 3. The summed E-state index contributed by atoms with van der Waals surface area (Å²) in [6, 6.07) is 3.05. The van der Waals surface area contributed by atoms with Crippen LogP contribution in [0.5, 0.6) is 0 Å². The molecule has 0 N–H and O–H groups in total. The van der Waals surface area contributed by atoms with Crippen molar-refractivity contribution in [3.05, 3.63) is 28.8 Å². The van der Waals surface area contributed by atoms with Crippen LogP contribution >= 0.6 is 0 Å². The highest BCUT2D eigenvalue weighted by Gasteiger charge is 2.40. The molecule has 0 saturated carbocycles. The SMILES string of the molecule is Cc1cc(C)c(S(=O)(=O)N2CCN(C(=O)[C@@H]3CCCN3S(C)(=O)=O)CC2)c(C)c1. The molecule has 1 atom stereocenters. The summed E-state index contributed by atoms with van der Waals surface area (Å²) in [5, 5.41) is 0. The first kappa shape index (κ1) is 22.2. The highest BCUT2D eigenvalue weighted by molar-refractivity contribution is 7.89. The maximum absolute atomic E-state index is 13.2. The van der Waals surface area contributed by atoms with E-state index in [1.54, 1.807) is 18.7 Å². The molecule has 2 aliphatic heterocycles. The van der Waals surface area contributed by atoms with Crippen LogP contribution in [-0.2, 0) is 24.8 Å². The van der Waals surface area contributed by atoms with Crippen molar-refractivity contribution in [3.63, 3.8) is 0 Å². The predicted molar refractivity (Wildman–Crippen MR) is 111 cm³/mol. The zero-order chi connectivity index (χ0) is 21.6. The van der Waals surface area contributed by atoms with Crippen LogP contribution < -0.4 is 0 Å². The number of piperazine rings is 1. The summed E-state index contributed by atoms with van der Waals surface area (Å²) in [7, 11) is -7.09. The number of amides is 1. The highest BCUT2D eigenvalue weighted by atomic mass is 32.2. The van der Waals surface area contributed by atoms with E-state index in [2.05, 4.69) is 0 Å². The quantitative estimate of drug-likeness (QED) is 0.688. The Hall–Kier alpha value is -1.49. The molecule has 1 aromatic carbocycles. The van der Waals surface area contributed by atoms with Crippen molar-refractivity contribution in [1.82, 2.24) is 13.5 Å². The van der Waals surface area contributed by atoms with Crippen molar-refractivity contribution in [2.45, 2.75) is 44.6 Å². The van der Waals surface area contributed by atoms with Gasteiger partial charge in [-0.2, -0.15) is 8.61 Å². The maximum atomic E-state index is 13.2. The van der Waals surface area contributed by atoms with E-state index in [1.807, 2.05) is 19.1 Å². The fraction of sp³-hybridized carbons (Fsp3) is 0.632. The van der Waals surface area contributed by atoms with Gasteiger partial charge in [0.25, 0.3) is 0 Å². The summed E-state index contributed by atoms with van der Waals surface area (Å²) in [6.07, 6.45) is 2.28. The van der Waals surface area contributed by atoms with E-state index in [9.17, 15) is 21.6 Å². The first-order valence-corrected chi connectivity index (χ1v) is 13.1. The molecule has 2 aliphatic rings. The van der Waals surface area contributed by atoms with Gasteiger partial charge in [-0.25, -0.2) is 16.8 Å². The van der Waals surface area contributed by atoms with Crippen LogP contribution in [0, 0.1) is 20.8 Å². The first-order chi connectivity index (χ1) is 13.4. The molecular weight excluding hydrogens is 414 g/mol. The molecule has 1 aromatic rings. The number of rotatable bonds is 4. The molecule has 8 nitrogen and oxygen atoms in total. The van der Waals surface area contributed by atoms with Crippen LogP contribution in [-0.4, -0.2) is 81.3 Å². The van der Waals surface area contributed by atoms with Gasteiger partial charge in [0.1, 0.15) is 6.04 Å². The average molecular weight is 444 g/mol. The van der Waals surface area contributed by atoms with Gasteiger partial charge in [-0.05, 0) is 44.7 Å². The summed E-state index contributed by atoms with van der Waals surface area (Å²) in [4.78, 5) is 14.8. The lowest BCUT2D eigenvalue weighted by molar-refractivity contribution is -0.135. The van der Waals surface area contributed by atoms with Gasteiger partial charge >= 0.3 is 0 Å². The smallest absolute Gasteiger partial charge is 0.243 e. The maximum Gasteiger partial charge on any atom is 0.243 e. The number of hydrogen-bond donors (Lipinski definition) is 0. The first-order valence-electron chi connectivity index (χ1n) is 9.76. The van der Waals surface area contributed by atoms with Crippen molar-refractivity contribution in [1.29, 1.82) is 0 Å². The van der Waals surface area contributed by atoms with Crippen LogP contribution in [0.15, 0.2) is 17.0 Å². The van der Waals surface area contributed by atoms with Crippen molar-refractivity contribution in [2.75, 3.05) is 39.0 Å². The van der Waals surface area contributed by atoms with Gasteiger partial charge in [-0.15, -0.1) is 0 Å². The molecule has 1 amide bonds. The second-order valence-electron chi connectivity index (χ2n) is 7.99. The summed E-state index contributed by atoms with van der Waals surface area (Å²) in [5.74, 6) is -0.229. The normalized spacial score (nSPS) is 22.2. The lowest BCUT2D eigenvalue weighted by Gasteiger charge is -2.36. The number of hydrogen-bond acceptors (Lipinski definition) is 5. The van der Waals surface area contributed by atoms with Gasteiger partial charge in [0.15, 0.2) is 0 Å². The number of benzene rings is 1. The monoisotopic (exact) mass is 443 g/mol. The van der Waals surface area contributed by atoms with Crippen LogP contribution in [0.1, 0.15) is 29.5 Å². The number of sulfonamides is 2. The molecule has 0 unspecified atom stereocenters. The molecule has 0 aliphatic carbocycles. The topological polar surface area (TPSA) is 95.1 Å².